The fraction of sp³-hybridized carbons (Fsp3) is 0.273. The molecule has 1 rings (SSSR count). The summed E-state index contributed by atoms with van der Waals surface area (Å²) in [5.74, 6) is -0.213. The molecule has 0 saturated carbocycles. The number of benzene rings is 1. The highest BCUT2D eigenvalue weighted by molar-refractivity contribution is 6.24. The van der Waals surface area contributed by atoms with E-state index in [0.29, 0.717) is 0 Å². The lowest BCUT2D eigenvalue weighted by Crippen LogP contribution is -2.10. The predicted octanol–water partition coefficient (Wildman–Crippen LogP) is 1.97. The van der Waals surface area contributed by atoms with Gasteiger partial charge in [0.15, 0.2) is 0 Å². The number of esters is 1. The maximum Gasteiger partial charge on any atom is 0.347 e. The van der Waals surface area contributed by atoms with E-state index in [4.69, 9.17) is 16.3 Å². The van der Waals surface area contributed by atoms with Crippen LogP contribution in [-0.2, 0) is 21.0 Å². The van der Waals surface area contributed by atoms with E-state index < -0.39 is 5.97 Å². The average molecular weight is 242 g/mol. The van der Waals surface area contributed by atoms with Crippen LogP contribution in [0.4, 0.5) is 0 Å². The monoisotopic (exact) mass is 241 g/mol. The summed E-state index contributed by atoms with van der Waals surface area (Å²) in [6, 6.07) is 9.41. The average Bonchev–Trinajstić information content (AvgIpc) is 2.33. The van der Waals surface area contributed by atoms with Gasteiger partial charge >= 0.3 is 5.97 Å². The molecule has 0 unspecified atom stereocenters. The minimum atomic E-state index is -0.462. The van der Waals surface area contributed by atoms with Crippen LogP contribution in [0.5, 0.6) is 0 Å². The minimum absolute atomic E-state index is 0.208. The van der Waals surface area contributed by atoms with Gasteiger partial charge in [0.2, 0.25) is 6.61 Å². The van der Waals surface area contributed by atoms with E-state index >= 15 is 0 Å². The normalized spacial score (nSPS) is 10.3. The van der Waals surface area contributed by atoms with Crippen LogP contribution >= 0.6 is 11.6 Å². The van der Waals surface area contributed by atoms with Crippen LogP contribution in [0.2, 0.25) is 0 Å². The lowest BCUT2D eigenvalue weighted by Gasteiger charge is -2.03. The van der Waals surface area contributed by atoms with Crippen molar-refractivity contribution >= 4 is 23.8 Å². The van der Waals surface area contributed by atoms with Gasteiger partial charge in [-0.15, -0.1) is 11.6 Å². The standard InChI is InChI=1S/C11H12ClNO3/c12-6-7-13-16-9-11(14)15-8-10-4-2-1-3-5-10/h1-5,7H,6,8-9H2. The summed E-state index contributed by atoms with van der Waals surface area (Å²) < 4.78 is 4.94. The highest BCUT2D eigenvalue weighted by atomic mass is 35.5. The zero-order valence-electron chi connectivity index (χ0n) is 8.64. The number of carbonyl (C=O) groups is 1. The Hall–Kier alpha value is -1.55. The molecule has 0 radical (unpaired) electrons. The van der Waals surface area contributed by atoms with Crippen molar-refractivity contribution in [1.82, 2.24) is 0 Å². The van der Waals surface area contributed by atoms with Crippen molar-refractivity contribution in [3.63, 3.8) is 0 Å². The van der Waals surface area contributed by atoms with Crippen molar-refractivity contribution in [3.8, 4) is 0 Å². The van der Waals surface area contributed by atoms with Crippen LogP contribution in [0.1, 0.15) is 5.56 Å². The van der Waals surface area contributed by atoms with Crippen molar-refractivity contribution in [2.45, 2.75) is 6.61 Å². The number of hydrogen-bond acceptors (Lipinski definition) is 4. The van der Waals surface area contributed by atoms with Gasteiger partial charge in [0, 0.05) is 0 Å². The first-order valence-corrected chi connectivity index (χ1v) is 5.25. The lowest BCUT2D eigenvalue weighted by molar-refractivity contribution is -0.150. The molecular weight excluding hydrogens is 230 g/mol. The molecule has 1 aromatic carbocycles. The second-order valence-corrected chi connectivity index (χ2v) is 3.17. The van der Waals surface area contributed by atoms with E-state index in [0.717, 1.165) is 5.56 Å². The van der Waals surface area contributed by atoms with Gasteiger partial charge in [-0.3, -0.25) is 0 Å². The Bertz CT molecular complexity index is 340. The molecule has 5 heteroatoms. The van der Waals surface area contributed by atoms with Gasteiger partial charge in [-0.2, -0.15) is 0 Å². The Kier molecular flexibility index (Phi) is 6.03. The lowest BCUT2D eigenvalue weighted by atomic mass is 10.2. The molecule has 0 aromatic heterocycles. The molecular formula is C11H12ClNO3. The number of rotatable bonds is 6. The molecule has 0 aliphatic rings. The molecule has 0 saturated heterocycles. The summed E-state index contributed by atoms with van der Waals surface area (Å²) >= 11 is 5.31. The second kappa shape index (κ2) is 7.70. The maximum atomic E-state index is 11.1. The molecule has 0 fully saturated rings. The Morgan fingerprint density at radius 1 is 1.38 bits per heavy atom. The molecule has 0 aliphatic carbocycles. The molecule has 0 bridgehead atoms. The Balaban J connectivity index is 2.18. The first kappa shape index (κ1) is 12.5. The zero-order valence-corrected chi connectivity index (χ0v) is 9.39. The van der Waals surface area contributed by atoms with Gasteiger partial charge in [-0.05, 0) is 5.56 Å². The van der Waals surface area contributed by atoms with Gasteiger partial charge in [0.05, 0.1) is 12.1 Å². The SMILES string of the molecule is O=C(CON=CCCl)OCc1ccccc1. The fourth-order valence-corrected chi connectivity index (χ4v) is 1.01. The number of oxime groups is 1. The number of alkyl halides is 1. The fourth-order valence-electron chi connectivity index (χ4n) is 0.951. The number of halogens is 1. The smallest absolute Gasteiger partial charge is 0.347 e. The van der Waals surface area contributed by atoms with E-state index in [9.17, 15) is 4.79 Å². The van der Waals surface area contributed by atoms with Crippen LogP contribution in [-0.4, -0.2) is 24.7 Å². The van der Waals surface area contributed by atoms with E-state index in [1.54, 1.807) is 0 Å². The topological polar surface area (TPSA) is 47.9 Å². The minimum Gasteiger partial charge on any atom is -0.458 e. The molecule has 0 aliphatic heterocycles. The second-order valence-electron chi connectivity index (χ2n) is 2.86. The van der Waals surface area contributed by atoms with Gasteiger partial charge in [-0.25, -0.2) is 4.79 Å². The number of ether oxygens (including phenoxy) is 1. The van der Waals surface area contributed by atoms with Crippen LogP contribution in [0, 0.1) is 0 Å². The van der Waals surface area contributed by atoms with Crippen LogP contribution in [0.25, 0.3) is 0 Å². The summed E-state index contributed by atoms with van der Waals surface area (Å²) in [6.07, 6.45) is 1.35. The van der Waals surface area contributed by atoms with Gasteiger partial charge in [0.1, 0.15) is 6.61 Å². The summed E-state index contributed by atoms with van der Waals surface area (Å²) in [5, 5.41) is 3.43. The van der Waals surface area contributed by atoms with Crippen molar-refractivity contribution in [2.75, 3.05) is 12.5 Å². The van der Waals surface area contributed by atoms with Crippen LogP contribution < -0.4 is 0 Å². The van der Waals surface area contributed by atoms with Crippen LogP contribution in [0.3, 0.4) is 0 Å². The molecule has 16 heavy (non-hydrogen) atoms. The zero-order chi connectivity index (χ0) is 11.6. The van der Waals surface area contributed by atoms with E-state index in [2.05, 4.69) is 9.99 Å². The number of hydrogen-bond donors (Lipinski definition) is 0. The molecule has 0 amide bonds. The highest BCUT2D eigenvalue weighted by Gasteiger charge is 2.02. The summed E-state index contributed by atoms with van der Waals surface area (Å²) in [6.45, 7) is 0.0302. The maximum absolute atomic E-state index is 11.1. The largest absolute Gasteiger partial charge is 0.458 e. The Morgan fingerprint density at radius 3 is 2.81 bits per heavy atom. The third kappa shape index (κ3) is 5.36. The Morgan fingerprint density at radius 2 is 2.12 bits per heavy atom. The molecule has 86 valence electrons. The summed E-state index contributed by atoms with van der Waals surface area (Å²) in [5.41, 5.74) is 0.931. The first-order chi connectivity index (χ1) is 7.83. The molecule has 0 heterocycles. The van der Waals surface area contributed by atoms with Crippen LogP contribution in [0.15, 0.2) is 35.5 Å². The number of nitrogens with zero attached hydrogens (tertiary/aromatic N) is 1. The Labute approximate surface area is 98.8 Å². The van der Waals surface area contributed by atoms with Crippen molar-refractivity contribution in [1.29, 1.82) is 0 Å². The first-order valence-electron chi connectivity index (χ1n) is 4.72. The van der Waals surface area contributed by atoms with Gasteiger partial charge < -0.3 is 9.57 Å². The van der Waals surface area contributed by atoms with Gasteiger partial charge in [0.25, 0.3) is 0 Å². The van der Waals surface area contributed by atoms with Crippen molar-refractivity contribution in [3.05, 3.63) is 35.9 Å². The van der Waals surface area contributed by atoms with Crippen molar-refractivity contribution in [2.24, 2.45) is 5.16 Å². The van der Waals surface area contributed by atoms with Crippen molar-refractivity contribution < 1.29 is 14.4 Å². The third-order valence-corrected chi connectivity index (χ3v) is 1.78. The molecule has 0 spiro atoms. The molecule has 1 aromatic rings. The predicted molar refractivity (Wildman–Crippen MR) is 61.4 cm³/mol. The summed E-state index contributed by atoms with van der Waals surface area (Å²) in [7, 11) is 0. The quantitative estimate of drug-likeness (QED) is 0.331. The highest BCUT2D eigenvalue weighted by Crippen LogP contribution is 2.00. The molecule has 0 N–H and O–H groups in total. The third-order valence-electron chi connectivity index (χ3n) is 1.64. The number of carbonyl (C=O) groups excluding carboxylic acids is 1. The van der Waals surface area contributed by atoms with Gasteiger partial charge in [-0.1, -0.05) is 35.5 Å². The molecule has 0 atom stereocenters. The van der Waals surface area contributed by atoms with E-state index in [1.165, 1.54) is 6.21 Å². The summed E-state index contributed by atoms with van der Waals surface area (Å²) in [4.78, 5) is 15.8. The molecule has 4 nitrogen and oxygen atoms in total. The van der Waals surface area contributed by atoms with E-state index in [1.807, 2.05) is 30.3 Å². The van der Waals surface area contributed by atoms with E-state index in [-0.39, 0.29) is 19.1 Å².